The van der Waals surface area contributed by atoms with Crippen molar-refractivity contribution in [1.29, 1.82) is 0 Å². The van der Waals surface area contributed by atoms with Gasteiger partial charge in [0.25, 0.3) is 0 Å². The summed E-state index contributed by atoms with van der Waals surface area (Å²) in [6.07, 6.45) is 0.784. The number of nitrogens with one attached hydrogen (secondary N) is 1. The van der Waals surface area contributed by atoms with Gasteiger partial charge in [0.05, 0.1) is 5.56 Å². The Bertz CT molecular complexity index is 1030. The number of carboxylic acid groups (broad SMARTS) is 1. The van der Waals surface area contributed by atoms with Gasteiger partial charge in [-0.15, -0.1) is 0 Å². The molecule has 0 aliphatic carbocycles. The maximum absolute atomic E-state index is 14.0. The number of anilines is 1. The van der Waals surface area contributed by atoms with E-state index in [0.717, 1.165) is 62.8 Å². The zero-order valence-corrected chi connectivity index (χ0v) is 21.1. The van der Waals surface area contributed by atoms with E-state index in [9.17, 15) is 23.5 Å². The van der Waals surface area contributed by atoms with Crippen LogP contribution in [0, 0.1) is 11.6 Å². The Kier molecular flexibility index (Phi) is 9.61. The topological polar surface area (TPSA) is 98.2 Å². The zero-order chi connectivity index (χ0) is 25.5. The van der Waals surface area contributed by atoms with Gasteiger partial charge < -0.3 is 24.5 Å². The average Bonchev–Trinajstić information content (AvgIpc) is 3.19. The fourth-order valence-electron chi connectivity index (χ4n) is 3.63. The summed E-state index contributed by atoms with van der Waals surface area (Å²) in [6.45, 7) is 7.07. The molecule has 2 heterocycles. The first-order valence-corrected chi connectivity index (χ1v) is 12.3. The molecule has 1 aromatic carbocycles. The van der Waals surface area contributed by atoms with E-state index >= 15 is 0 Å². The number of hydrogen-bond acceptors (Lipinski definition) is 7. The Balaban J connectivity index is 1.60. The summed E-state index contributed by atoms with van der Waals surface area (Å²) in [5.41, 5.74) is -0.798. The molecule has 1 fully saturated rings. The Morgan fingerprint density at radius 3 is 2.51 bits per heavy atom. The number of ether oxygens (including phenoxy) is 1. The van der Waals surface area contributed by atoms with Crippen LogP contribution >= 0.6 is 23.1 Å². The lowest BCUT2D eigenvalue weighted by Crippen LogP contribution is -2.45. The van der Waals surface area contributed by atoms with Gasteiger partial charge in [-0.25, -0.2) is 18.4 Å². The summed E-state index contributed by atoms with van der Waals surface area (Å²) in [5, 5.41) is 12.1. The van der Waals surface area contributed by atoms with Crippen LogP contribution in [0.5, 0.6) is 5.88 Å². The van der Waals surface area contributed by atoms with E-state index in [1.807, 2.05) is 6.92 Å². The maximum Gasteiger partial charge on any atom is 0.344 e. The van der Waals surface area contributed by atoms with Crippen LogP contribution < -0.4 is 10.1 Å². The molecule has 13 heteroatoms. The molecule has 2 N–H and O–H groups in total. The molecule has 1 aliphatic rings. The summed E-state index contributed by atoms with van der Waals surface area (Å²) >= 11 is 6.33. The fourth-order valence-corrected chi connectivity index (χ4v) is 4.54. The SMILES string of the molecule is CCN(CCCN1CCN(C)CC1)C(=O)Nc1snc(OCc2c(F)cc(Cl)cc2F)c1C(=O)O. The van der Waals surface area contributed by atoms with E-state index in [1.165, 1.54) is 0 Å². The molecule has 1 aromatic heterocycles. The molecule has 2 amide bonds. The van der Waals surface area contributed by atoms with Gasteiger partial charge in [-0.3, -0.25) is 5.32 Å². The van der Waals surface area contributed by atoms with Crippen molar-refractivity contribution in [1.82, 2.24) is 19.1 Å². The minimum atomic E-state index is -1.39. The highest BCUT2D eigenvalue weighted by atomic mass is 35.5. The van der Waals surface area contributed by atoms with Gasteiger partial charge in [0.1, 0.15) is 23.2 Å². The molecule has 0 bridgehead atoms. The van der Waals surface area contributed by atoms with Crippen molar-refractivity contribution < 1.29 is 28.2 Å². The lowest BCUT2D eigenvalue weighted by atomic mass is 10.2. The van der Waals surface area contributed by atoms with E-state index in [4.69, 9.17) is 16.3 Å². The normalized spacial score (nSPS) is 14.7. The highest BCUT2D eigenvalue weighted by Crippen LogP contribution is 2.32. The number of rotatable bonds is 10. The number of carbonyl (C=O) groups excluding carboxylic acids is 1. The van der Waals surface area contributed by atoms with Crippen LogP contribution in [0.4, 0.5) is 18.6 Å². The molecule has 0 spiro atoms. The van der Waals surface area contributed by atoms with Gasteiger partial charge >= 0.3 is 12.0 Å². The fraction of sp³-hybridized carbons (Fsp3) is 0.500. The molecule has 0 unspecified atom stereocenters. The largest absolute Gasteiger partial charge is 0.477 e. The van der Waals surface area contributed by atoms with E-state index in [2.05, 4.69) is 26.5 Å². The molecule has 0 atom stereocenters. The van der Waals surface area contributed by atoms with Gasteiger partial charge in [-0.05, 0) is 50.6 Å². The van der Waals surface area contributed by atoms with Gasteiger partial charge in [0, 0.05) is 44.3 Å². The highest BCUT2D eigenvalue weighted by Gasteiger charge is 2.25. The molecule has 0 saturated carbocycles. The average molecular weight is 532 g/mol. The van der Waals surface area contributed by atoms with Crippen LogP contribution in [-0.4, -0.2) is 89.0 Å². The molecule has 0 radical (unpaired) electrons. The number of hydrogen-bond donors (Lipinski definition) is 2. The van der Waals surface area contributed by atoms with Gasteiger partial charge in [0.15, 0.2) is 5.56 Å². The Morgan fingerprint density at radius 2 is 1.91 bits per heavy atom. The van der Waals surface area contributed by atoms with Crippen molar-refractivity contribution in [2.75, 3.05) is 58.2 Å². The molecule has 1 saturated heterocycles. The van der Waals surface area contributed by atoms with Crippen molar-refractivity contribution in [2.24, 2.45) is 0 Å². The van der Waals surface area contributed by atoms with Crippen LogP contribution in [0.15, 0.2) is 12.1 Å². The highest BCUT2D eigenvalue weighted by molar-refractivity contribution is 7.11. The number of aromatic nitrogens is 1. The number of nitrogens with zero attached hydrogens (tertiary/aromatic N) is 4. The number of amides is 2. The number of carboxylic acids is 1. The quantitative estimate of drug-likeness (QED) is 0.480. The molecule has 35 heavy (non-hydrogen) atoms. The smallest absolute Gasteiger partial charge is 0.344 e. The van der Waals surface area contributed by atoms with Gasteiger partial charge in [-0.2, -0.15) is 4.37 Å². The second kappa shape index (κ2) is 12.4. The second-order valence-electron chi connectivity index (χ2n) is 8.14. The summed E-state index contributed by atoms with van der Waals surface area (Å²) < 4.78 is 37.2. The Hall–Kier alpha value is -2.54. The summed E-state index contributed by atoms with van der Waals surface area (Å²) in [4.78, 5) is 30.8. The number of urea groups is 1. The van der Waals surface area contributed by atoms with Crippen LogP contribution in [0.25, 0.3) is 0 Å². The predicted molar refractivity (Wildman–Crippen MR) is 130 cm³/mol. The summed E-state index contributed by atoms with van der Waals surface area (Å²) in [6, 6.07) is 1.40. The minimum Gasteiger partial charge on any atom is -0.477 e. The van der Waals surface area contributed by atoms with E-state index < -0.39 is 35.8 Å². The van der Waals surface area contributed by atoms with E-state index in [-0.39, 0.29) is 21.5 Å². The molecule has 9 nitrogen and oxygen atoms in total. The number of aromatic carboxylic acids is 1. The lowest BCUT2D eigenvalue weighted by Gasteiger charge is -2.32. The third kappa shape index (κ3) is 7.23. The van der Waals surface area contributed by atoms with E-state index in [1.54, 1.807) is 4.90 Å². The van der Waals surface area contributed by atoms with Crippen molar-refractivity contribution in [3.8, 4) is 5.88 Å². The number of carbonyl (C=O) groups is 2. The van der Waals surface area contributed by atoms with Gasteiger partial charge in [-0.1, -0.05) is 11.6 Å². The Labute approximate surface area is 211 Å². The van der Waals surface area contributed by atoms with Crippen LogP contribution in [0.2, 0.25) is 5.02 Å². The summed E-state index contributed by atoms with van der Waals surface area (Å²) in [5.74, 6) is -3.58. The predicted octanol–water partition coefficient (Wildman–Crippen LogP) is 3.84. The van der Waals surface area contributed by atoms with Crippen molar-refractivity contribution in [3.63, 3.8) is 0 Å². The van der Waals surface area contributed by atoms with Crippen molar-refractivity contribution >= 4 is 40.1 Å². The lowest BCUT2D eigenvalue weighted by molar-refractivity contribution is 0.0693. The van der Waals surface area contributed by atoms with Crippen molar-refractivity contribution in [2.45, 2.75) is 20.0 Å². The zero-order valence-electron chi connectivity index (χ0n) is 19.5. The van der Waals surface area contributed by atoms with Crippen LogP contribution in [-0.2, 0) is 6.61 Å². The minimum absolute atomic E-state index is 0.0212. The standard InChI is InChI=1S/C22H28ClF2N5O4S/c1-3-30(6-4-5-29-9-7-28(2)8-10-29)22(33)26-20-18(21(31)32)19(27-35-20)34-13-15-16(24)11-14(23)12-17(15)25/h11-12H,3-10,13H2,1-2H3,(H,26,33)(H,31,32). The molecular formula is C22H28ClF2N5O4S. The molecule has 2 aromatic rings. The third-order valence-electron chi connectivity index (χ3n) is 5.72. The number of benzene rings is 1. The monoisotopic (exact) mass is 531 g/mol. The number of halogens is 3. The molecular weight excluding hydrogens is 504 g/mol. The number of piperazine rings is 1. The van der Waals surface area contributed by atoms with Crippen molar-refractivity contribution in [3.05, 3.63) is 39.9 Å². The molecule has 192 valence electrons. The Morgan fingerprint density at radius 1 is 1.26 bits per heavy atom. The first-order valence-electron chi connectivity index (χ1n) is 11.2. The van der Waals surface area contributed by atoms with E-state index in [0.29, 0.717) is 13.1 Å². The first kappa shape index (κ1) is 27.1. The second-order valence-corrected chi connectivity index (χ2v) is 9.35. The van der Waals surface area contributed by atoms with Gasteiger partial charge in [0.2, 0.25) is 5.88 Å². The number of likely N-dealkylation sites (N-methyl/N-ethyl adjacent to an activating group) is 1. The summed E-state index contributed by atoms with van der Waals surface area (Å²) in [7, 11) is 2.09. The van der Waals surface area contributed by atoms with Crippen LogP contribution in [0.3, 0.4) is 0 Å². The van der Waals surface area contributed by atoms with Crippen LogP contribution in [0.1, 0.15) is 29.3 Å². The molecule has 1 aliphatic heterocycles. The third-order valence-corrected chi connectivity index (χ3v) is 6.69. The maximum atomic E-state index is 14.0. The first-order chi connectivity index (χ1) is 16.7. The molecule has 3 rings (SSSR count).